The van der Waals surface area contributed by atoms with E-state index in [-0.39, 0.29) is 23.0 Å². The summed E-state index contributed by atoms with van der Waals surface area (Å²) in [7, 11) is 0. The van der Waals surface area contributed by atoms with Gasteiger partial charge in [-0.3, -0.25) is 14.2 Å². The SMILES string of the molecule is O=C(CSc1nc2ccsc2c(=O)n1-c1ccc(Cl)cc1)Nc1ccc(F)cc1. The molecule has 2 aromatic heterocycles. The molecule has 0 aliphatic rings. The number of nitrogens with one attached hydrogen (secondary N) is 1. The largest absolute Gasteiger partial charge is 0.325 e. The molecule has 4 aromatic rings. The monoisotopic (exact) mass is 445 g/mol. The van der Waals surface area contributed by atoms with Crippen LogP contribution in [0.3, 0.4) is 0 Å². The van der Waals surface area contributed by atoms with Gasteiger partial charge in [-0.1, -0.05) is 23.4 Å². The fourth-order valence-corrected chi connectivity index (χ4v) is 4.37. The first-order chi connectivity index (χ1) is 14.0. The number of hydrogen-bond acceptors (Lipinski definition) is 5. The quantitative estimate of drug-likeness (QED) is 0.348. The summed E-state index contributed by atoms with van der Waals surface area (Å²) < 4.78 is 15.0. The molecular weight excluding hydrogens is 433 g/mol. The summed E-state index contributed by atoms with van der Waals surface area (Å²) in [6.07, 6.45) is 0. The Morgan fingerprint density at radius 2 is 1.86 bits per heavy atom. The van der Waals surface area contributed by atoms with Crippen LogP contribution in [0, 0.1) is 5.82 Å². The normalized spacial score (nSPS) is 11.0. The molecule has 0 saturated carbocycles. The molecular formula is C20H13ClFN3O2S2. The van der Waals surface area contributed by atoms with Gasteiger partial charge in [0.05, 0.1) is 17.0 Å². The molecule has 1 N–H and O–H groups in total. The first-order valence-corrected chi connectivity index (χ1v) is 10.7. The fraction of sp³-hybridized carbons (Fsp3) is 0.0500. The number of aromatic nitrogens is 2. The minimum Gasteiger partial charge on any atom is -0.325 e. The summed E-state index contributed by atoms with van der Waals surface area (Å²) in [4.78, 5) is 29.9. The molecule has 0 aliphatic heterocycles. The van der Waals surface area contributed by atoms with Crippen molar-refractivity contribution in [1.29, 1.82) is 0 Å². The smallest absolute Gasteiger partial charge is 0.276 e. The van der Waals surface area contributed by atoms with E-state index in [0.717, 1.165) is 11.8 Å². The minimum atomic E-state index is -0.377. The van der Waals surface area contributed by atoms with Crippen molar-refractivity contribution in [2.45, 2.75) is 5.16 Å². The Hall–Kier alpha value is -2.68. The number of amides is 1. The van der Waals surface area contributed by atoms with E-state index in [2.05, 4.69) is 10.3 Å². The van der Waals surface area contributed by atoms with Crippen molar-refractivity contribution in [3.05, 3.63) is 81.2 Å². The van der Waals surface area contributed by atoms with Gasteiger partial charge in [-0.25, -0.2) is 9.37 Å². The van der Waals surface area contributed by atoms with Gasteiger partial charge in [0.2, 0.25) is 5.91 Å². The Kier molecular flexibility index (Phi) is 5.66. The van der Waals surface area contributed by atoms with Gasteiger partial charge in [0, 0.05) is 10.7 Å². The molecule has 0 fully saturated rings. The van der Waals surface area contributed by atoms with E-state index in [1.807, 2.05) is 0 Å². The molecule has 2 aromatic carbocycles. The standard InChI is InChI=1S/C20H13ClFN3O2S2/c21-12-1-7-15(8-2-12)25-19(27)18-16(9-10-28-18)24-20(25)29-11-17(26)23-14-5-3-13(22)4-6-14/h1-10H,11H2,(H,23,26). The van der Waals surface area contributed by atoms with Crippen LogP contribution in [0.1, 0.15) is 0 Å². The van der Waals surface area contributed by atoms with Gasteiger partial charge in [0.25, 0.3) is 5.56 Å². The molecule has 0 atom stereocenters. The molecule has 5 nitrogen and oxygen atoms in total. The van der Waals surface area contributed by atoms with Crippen LogP contribution in [-0.2, 0) is 4.79 Å². The summed E-state index contributed by atoms with van der Waals surface area (Å²) in [5.41, 5.74) is 1.50. The number of halogens is 2. The van der Waals surface area contributed by atoms with Crippen LogP contribution in [0.25, 0.3) is 15.9 Å². The predicted octanol–water partition coefficient (Wildman–Crippen LogP) is 4.97. The third-order valence-electron chi connectivity index (χ3n) is 3.99. The van der Waals surface area contributed by atoms with Gasteiger partial charge in [0.15, 0.2) is 5.16 Å². The number of thiophene rings is 1. The maximum atomic E-state index is 13.0. The van der Waals surface area contributed by atoms with Gasteiger partial charge >= 0.3 is 0 Å². The second-order valence-corrected chi connectivity index (χ2v) is 8.29. The van der Waals surface area contributed by atoms with Gasteiger partial charge in [0.1, 0.15) is 10.5 Å². The van der Waals surface area contributed by atoms with Gasteiger partial charge in [-0.2, -0.15) is 0 Å². The first kappa shape index (κ1) is 19.6. The van der Waals surface area contributed by atoms with E-state index >= 15 is 0 Å². The summed E-state index contributed by atoms with van der Waals surface area (Å²) in [6, 6.07) is 14.1. The zero-order valence-corrected chi connectivity index (χ0v) is 17.2. The van der Waals surface area contributed by atoms with Gasteiger partial charge < -0.3 is 5.32 Å². The molecule has 2 heterocycles. The molecule has 29 heavy (non-hydrogen) atoms. The second kappa shape index (κ2) is 8.36. The Morgan fingerprint density at radius 3 is 2.59 bits per heavy atom. The zero-order chi connectivity index (χ0) is 20.4. The minimum absolute atomic E-state index is 0.0348. The molecule has 0 saturated heterocycles. The van der Waals surface area contributed by atoms with Crippen LogP contribution in [0.5, 0.6) is 0 Å². The highest BCUT2D eigenvalue weighted by Crippen LogP contribution is 2.24. The maximum absolute atomic E-state index is 13.0. The highest BCUT2D eigenvalue weighted by atomic mass is 35.5. The molecule has 0 spiro atoms. The first-order valence-electron chi connectivity index (χ1n) is 8.46. The number of benzene rings is 2. The van der Waals surface area contributed by atoms with E-state index in [0.29, 0.717) is 31.8 Å². The summed E-state index contributed by atoms with van der Waals surface area (Å²) in [5, 5.41) is 5.46. The molecule has 0 aliphatic carbocycles. The van der Waals surface area contributed by atoms with Crippen molar-refractivity contribution < 1.29 is 9.18 Å². The van der Waals surface area contributed by atoms with Crippen LogP contribution in [0.15, 0.2) is 69.9 Å². The Balaban J connectivity index is 1.63. The molecule has 146 valence electrons. The summed E-state index contributed by atoms with van der Waals surface area (Å²) >= 11 is 8.43. The van der Waals surface area contributed by atoms with Crippen molar-refractivity contribution in [3.63, 3.8) is 0 Å². The van der Waals surface area contributed by atoms with Crippen LogP contribution in [-0.4, -0.2) is 21.2 Å². The van der Waals surface area contributed by atoms with E-state index in [1.165, 1.54) is 40.2 Å². The van der Waals surface area contributed by atoms with Crippen molar-refractivity contribution >= 4 is 56.5 Å². The lowest BCUT2D eigenvalue weighted by Gasteiger charge is -2.12. The predicted molar refractivity (Wildman–Crippen MR) is 116 cm³/mol. The Morgan fingerprint density at radius 1 is 1.14 bits per heavy atom. The van der Waals surface area contributed by atoms with E-state index in [4.69, 9.17) is 11.6 Å². The topological polar surface area (TPSA) is 64.0 Å². The third-order valence-corrected chi connectivity index (χ3v) is 6.08. The number of nitrogens with zero attached hydrogens (tertiary/aromatic N) is 2. The second-order valence-electron chi connectivity index (χ2n) is 5.99. The summed E-state index contributed by atoms with van der Waals surface area (Å²) in [5.74, 6) is -0.630. The number of thioether (sulfide) groups is 1. The number of carbonyl (C=O) groups excluding carboxylic acids is 1. The number of fused-ring (bicyclic) bond motifs is 1. The third kappa shape index (κ3) is 4.34. The van der Waals surface area contributed by atoms with Crippen LogP contribution >= 0.6 is 34.7 Å². The molecule has 0 radical (unpaired) electrons. The van der Waals surface area contributed by atoms with Crippen LogP contribution in [0.4, 0.5) is 10.1 Å². The van der Waals surface area contributed by atoms with E-state index < -0.39 is 0 Å². The lowest BCUT2D eigenvalue weighted by molar-refractivity contribution is -0.113. The van der Waals surface area contributed by atoms with Crippen molar-refractivity contribution in [2.75, 3.05) is 11.1 Å². The number of carbonyl (C=O) groups is 1. The molecule has 9 heteroatoms. The molecule has 1 amide bonds. The molecule has 0 bridgehead atoms. The highest BCUT2D eigenvalue weighted by molar-refractivity contribution is 7.99. The number of rotatable bonds is 5. The van der Waals surface area contributed by atoms with E-state index in [9.17, 15) is 14.0 Å². The lowest BCUT2D eigenvalue weighted by atomic mass is 10.3. The lowest BCUT2D eigenvalue weighted by Crippen LogP contribution is -2.22. The zero-order valence-electron chi connectivity index (χ0n) is 14.8. The Bertz CT molecular complexity index is 1240. The van der Waals surface area contributed by atoms with E-state index in [1.54, 1.807) is 35.7 Å². The highest BCUT2D eigenvalue weighted by Gasteiger charge is 2.16. The van der Waals surface area contributed by atoms with Crippen molar-refractivity contribution in [1.82, 2.24) is 9.55 Å². The Labute approximate surface area is 178 Å². The summed E-state index contributed by atoms with van der Waals surface area (Å²) in [6.45, 7) is 0. The van der Waals surface area contributed by atoms with Crippen molar-refractivity contribution in [2.24, 2.45) is 0 Å². The van der Waals surface area contributed by atoms with Gasteiger partial charge in [-0.05, 0) is 60.0 Å². The molecule has 0 unspecified atom stereocenters. The van der Waals surface area contributed by atoms with Crippen LogP contribution in [0.2, 0.25) is 5.02 Å². The fourth-order valence-electron chi connectivity index (χ4n) is 2.67. The average molecular weight is 446 g/mol. The van der Waals surface area contributed by atoms with Gasteiger partial charge in [-0.15, -0.1) is 11.3 Å². The number of anilines is 1. The van der Waals surface area contributed by atoms with Crippen LogP contribution < -0.4 is 10.9 Å². The van der Waals surface area contributed by atoms with Crippen molar-refractivity contribution in [3.8, 4) is 5.69 Å². The number of hydrogen-bond donors (Lipinski definition) is 1. The maximum Gasteiger partial charge on any atom is 0.276 e. The average Bonchev–Trinajstić information content (AvgIpc) is 3.18. The molecule has 4 rings (SSSR count).